The molecule has 0 saturated heterocycles. The zero-order valence-corrected chi connectivity index (χ0v) is 8.46. The average molecular weight is 193 g/mol. The van der Waals surface area contributed by atoms with Gasteiger partial charge in [-0.15, -0.1) is 0 Å². The summed E-state index contributed by atoms with van der Waals surface area (Å²) in [5, 5.41) is 0. The molecule has 1 aromatic rings. The van der Waals surface area contributed by atoms with Gasteiger partial charge in [0.05, 0.1) is 0 Å². The quantitative estimate of drug-likeness (QED) is 0.727. The van der Waals surface area contributed by atoms with Crippen molar-refractivity contribution in [2.45, 2.75) is 32.2 Å². The lowest BCUT2D eigenvalue weighted by atomic mass is 9.80. The molecule has 0 spiro atoms. The highest BCUT2D eigenvalue weighted by atomic mass is 19.1. The Kier molecular flexibility index (Phi) is 2.55. The van der Waals surface area contributed by atoms with Crippen molar-refractivity contribution in [2.24, 2.45) is 11.7 Å². The summed E-state index contributed by atoms with van der Waals surface area (Å²) >= 11 is 0. The first-order valence-corrected chi connectivity index (χ1v) is 5.20. The third kappa shape index (κ3) is 1.67. The second-order valence-corrected chi connectivity index (χ2v) is 4.24. The van der Waals surface area contributed by atoms with E-state index < -0.39 is 0 Å². The van der Waals surface area contributed by atoms with E-state index in [4.69, 9.17) is 5.73 Å². The number of aryl methyl sites for hydroxylation is 1. The molecule has 0 bridgehead atoms. The molecule has 0 saturated carbocycles. The molecular formula is C12H16FN. The number of rotatable bonds is 1. The van der Waals surface area contributed by atoms with Crippen LogP contribution in [0.3, 0.4) is 0 Å². The van der Waals surface area contributed by atoms with Gasteiger partial charge in [0.1, 0.15) is 5.82 Å². The minimum absolute atomic E-state index is 0.0622. The predicted molar refractivity (Wildman–Crippen MR) is 55.6 cm³/mol. The van der Waals surface area contributed by atoms with Gasteiger partial charge in [0.15, 0.2) is 0 Å². The summed E-state index contributed by atoms with van der Waals surface area (Å²) in [4.78, 5) is 0. The van der Waals surface area contributed by atoms with Crippen LogP contribution >= 0.6 is 0 Å². The monoisotopic (exact) mass is 193 g/mol. The number of fused-ring (bicyclic) bond motifs is 1. The maximum atomic E-state index is 13.5. The Morgan fingerprint density at radius 1 is 1.50 bits per heavy atom. The van der Waals surface area contributed by atoms with Crippen LogP contribution in [0.15, 0.2) is 18.2 Å². The topological polar surface area (TPSA) is 26.0 Å². The molecule has 2 heteroatoms. The third-order valence-electron chi connectivity index (χ3n) is 3.21. The molecule has 0 amide bonds. The lowest BCUT2D eigenvalue weighted by Crippen LogP contribution is -2.31. The number of benzene rings is 1. The van der Waals surface area contributed by atoms with Crippen molar-refractivity contribution in [3.05, 3.63) is 35.1 Å². The first-order chi connectivity index (χ1) is 6.68. The fourth-order valence-corrected chi connectivity index (χ4v) is 2.22. The van der Waals surface area contributed by atoms with Crippen molar-refractivity contribution < 1.29 is 4.39 Å². The van der Waals surface area contributed by atoms with Crippen molar-refractivity contribution >= 4 is 0 Å². The van der Waals surface area contributed by atoms with E-state index in [1.807, 2.05) is 13.0 Å². The second-order valence-electron chi connectivity index (χ2n) is 4.24. The fraction of sp³-hybridized carbons (Fsp3) is 0.500. The highest BCUT2D eigenvalue weighted by molar-refractivity contribution is 5.31. The normalized spacial score (nSPS) is 22.9. The van der Waals surface area contributed by atoms with Gasteiger partial charge in [-0.3, -0.25) is 0 Å². The lowest BCUT2D eigenvalue weighted by molar-refractivity contribution is 0.384. The number of hydrogen-bond donors (Lipinski definition) is 1. The first kappa shape index (κ1) is 9.66. The molecule has 14 heavy (non-hydrogen) atoms. The van der Waals surface area contributed by atoms with Crippen molar-refractivity contribution in [1.82, 2.24) is 0 Å². The highest BCUT2D eigenvalue weighted by Crippen LogP contribution is 2.28. The van der Waals surface area contributed by atoms with E-state index in [0.29, 0.717) is 5.92 Å². The Bertz CT molecular complexity index is 333. The maximum Gasteiger partial charge on any atom is 0.126 e. The molecule has 2 atom stereocenters. The van der Waals surface area contributed by atoms with E-state index in [2.05, 4.69) is 0 Å². The SMILES string of the molecule is CC(N)C1CCc2cccc(F)c2C1. The zero-order valence-electron chi connectivity index (χ0n) is 8.46. The molecule has 1 nitrogen and oxygen atoms in total. The molecule has 0 heterocycles. The molecule has 1 aromatic carbocycles. The van der Waals surface area contributed by atoms with Crippen molar-refractivity contribution in [3.63, 3.8) is 0 Å². The molecule has 1 aliphatic rings. The van der Waals surface area contributed by atoms with E-state index in [1.54, 1.807) is 12.1 Å². The van der Waals surface area contributed by atoms with E-state index in [9.17, 15) is 4.39 Å². The zero-order chi connectivity index (χ0) is 10.1. The molecule has 0 aromatic heterocycles. The summed E-state index contributed by atoms with van der Waals surface area (Å²) < 4.78 is 13.5. The van der Waals surface area contributed by atoms with Crippen molar-refractivity contribution in [1.29, 1.82) is 0 Å². The number of hydrogen-bond acceptors (Lipinski definition) is 1. The summed E-state index contributed by atoms with van der Waals surface area (Å²) in [5.41, 5.74) is 7.91. The Morgan fingerprint density at radius 2 is 2.29 bits per heavy atom. The van der Waals surface area contributed by atoms with Crippen LogP contribution in [0.2, 0.25) is 0 Å². The number of halogens is 1. The highest BCUT2D eigenvalue weighted by Gasteiger charge is 2.23. The predicted octanol–water partition coefficient (Wildman–Crippen LogP) is 2.28. The minimum Gasteiger partial charge on any atom is -0.328 e. The van der Waals surface area contributed by atoms with E-state index in [-0.39, 0.29) is 11.9 Å². The maximum absolute atomic E-state index is 13.5. The average Bonchev–Trinajstić information content (AvgIpc) is 2.18. The van der Waals surface area contributed by atoms with Crippen molar-refractivity contribution in [2.75, 3.05) is 0 Å². The smallest absolute Gasteiger partial charge is 0.126 e. The Labute approximate surface area is 84.1 Å². The van der Waals surface area contributed by atoms with E-state index >= 15 is 0 Å². The van der Waals surface area contributed by atoms with Gasteiger partial charge in [0.25, 0.3) is 0 Å². The largest absolute Gasteiger partial charge is 0.328 e. The van der Waals surface area contributed by atoms with Gasteiger partial charge in [-0.25, -0.2) is 4.39 Å². The van der Waals surface area contributed by atoms with Crippen LogP contribution in [0.25, 0.3) is 0 Å². The van der Waals surface area contributed by atoms with Crippen LogP contribution in [0.4, 0.5) is 4.39 Å². The molecule has 2 unspecified atom stereocenters. The molecule has 0 radical (unpaired) electrons. The standard InChI is InChI=1S/C12H16FN/c1-8(14)10-6-5-9-3-2-4-12(13)11(9)7-10/h2-4,8,10H,5-7,14H2,1H3. The summed E-state index contributed by atoms with van der Waals surface area (Å²) in [6.07, 6.45) is 2.87. The van der Waals surface area contributed by atoms with E-state index in [0.717, 1.165) is 24.8 Å². The molecule has 2 N–H and O–H groups in total. The van der Waals surface area contributed by atoms with Crippen LogP contribution in [-0.2, 0) is 12.8 Å². The van der Waals surface area contributed by atoms with Crippen LogP contribution < -0.4 is 5.73 Å². The molecule has 2 rings (SSSR count). The van der Waals surface area contributed by atoms with Gasteiger partial charge in [-0.1, -0.05) is 12.1 Å². The number of nitrogens with two attached hydrogens (primary N) is 1. The van der Waals surface area contributed by atoms with Gasteiger partial charge < -0.3 is 5.73 Å². The molecule has 1 aliphatic carbocycles. The van der Waals surface area contributed by atoms with Crippen molar-refractivity contribution in [3.8, 4) is 0 Å². The van der Waals surface area contributed by atoms with Gasteiger partial charge in [-0.05, 0) is 49.3 Å². The van der Waals surface area contributed by atoms with Gasteiger partial charge in [0, 0.05) is 6.04 Å². The molecule has 0 aliphatic heterocycles. The Balaban J connectivity index is 2.29. The molecule has 0 fully saturated rings. The Hall–Kier alpha value is -0.890. The van der Waals surface area contributed by atoms with Gasteiger partial charge >= 0.3 is 0 Å². The lowest BCUT2D eigenvalue weighted by Gasteiger charge is -2.27. The molecular weight excluding hydrogens is 177 g/mol. The van der Waals surface area contributed by atoms with Gasteiger partial charge in [-0.2, -0.15) is 0 Å². The van der Waals surface area contributed by atoms with Crippen LogP contribution in [-0.4, -0.2) is 6.04 Å². The summed E-state index contributed by atoms with van der Waals surface area (Å²) in [6.45, 7) is 2.01. The van der Waals surface area contributed by atoms with Crippen LogP contribution in [0, 0.1) is 11.7 Å². The molecule has 76 valence electrons. The Morgan fingerprint density at radius 3 is 3.00 bits per heavy atom. The fourth-order valence-electron chi connectivity index (χ4n) is 2.22. The van der Waals surface area contributed by atoms with Gasteiger partial charge in [0.2, 0.25) is 0 Å². The second kappa shape index (κ2) is 3.70. The third-order valence-corrected chi connectivity index (χ3v) is 3.21. The van der Waals surface area contributed by atoms with Crippen LogP contribution in [0.5, 0.6) is 0 Å². The van der Waals surface area contributed by atoms with E-state index in [1.165, 1.54) is 5.56 Å². The summed E-state index contributed by atoms with van der Waals surface area (Å²) in [7, 11) is 0. The first-order valence-electron chi connectivity index (χ1n) is 5.20. The summed E-state index contributed by atoms with van der Waals surface area (Å²) in [6, 6.07) is 5.53. The summed E-state index contributed by atoms with van der Waals surface area (Å²) in [5.74, 6) is 0.382. The van der Waals surface area contributed by atoms with Crippen LogP contribution in [0.1, 0.15) is 24.5 Å². The minimum atomic E-state index is -0.0622.